The molecule has 0 spiro atoms. The average Bonchev–Trinajstić information content (AvgIpc) is 3.41. The molecule has 0 bridgehead atoms. The molecule has 0 saturated carbocycles. The van der Waals surface area contributed by atoms with Gasteiger partial charge in [0.15, 0.2) is 5.82 Å². The maximum atomic E-state index is 13.4. The van der Waals surface area contributed by atoms with E-state index < -0.39 is 5.97 Å². The molecule has 0 aliphatic rings. The number of benzene rings is 3. The van der Waals surface area contributed by atoms with Gasteiger partial charge in [-0.2, -0.15) is 9.78 Å². The Bertz CT molecular complexity index is 1630. The van der Waals surface area contributed by atoms with Crippen molar-refractivity contribution in [3.05, 3.63) is 116 Å². The number of ether oxygens (including phenoxy) is 1. The Morgan fingerprint density at radius 2 is 1.74 bits per heavy atom. The van der Waals surface area contributed by atoms with Crippen LogP contribution in [0.5, 0.6) is 5.75 Å². The molecule has 0 aliphatic heterocycles. The minimum absolute atomic E-state index is 0.0725. The van der Waals surface area contributed by atoms with Crippen LogP contribution in [0.2, 0.25) is 0 Å². The van der Waals surface area contributed by atoms with E-state index in [1.807, 2.05) is 30.3 Å². The zero-order valence-electron chi connectivity index (χ0n) is 17.9. The lowest BCUT2D eigenvalue weighted by atomic mass is 10.2. The Morgan fingerprint density at radius 3 is 2.51 bits per heavy atom. The van der Waals surface area contributed by atoms with Crippen LogP contribution in [0.15, 0.2) is 108 Å². The molecule has 0 amide bonds. The van der Waals surface area contributed by atoms with E-state index in [1.54, 1.807) is 42.5 Å². The highest BCUT2D eigenvalue weighted by molar-refractivity contribution is 9.10. The number of furan rings is 1. The Kier molecular flexibility index (Phi) is 6.43. The van der Waals surface area contributed by atoms with Gasteiger partial charge in [-0.1, -0.05) is 56.1 Å². The van der Waals surface area contributed by atoms with Gasteiger partial charge in [-0.25, -0.2) is 9.78 Å². The van der Waals surface area contributed by atoms with Crippen molar-refractivity contribution in [2.75, 3.05) is 0 Å². The van der Waals surface area contributed by atoms with Crippen LogP contribution in [0.3, 0.4) is 0 Å². The lowest BCUT2D eigenvalue weighted by molar-refractivity contribution is 0.0701. The quantitative estimate of drug-likeness (QED) is 0.136. The van der Waals surface area contributed by atoms with Crippen molar-refractivity contribution in [1.29, 1.82) is 0 Å². The number of nitrogens with zero attached hydrogens (tertiary/aromatic N) is 3. The molecule has 9 heteroatoms. The summed E-state index contributed by atoms with van der Waals surface area (Å²) in [5.41, 5.74) is 1.43. The summed E-state index contributed by atoms with van der Waals surface area (Å²) in [5, 5.41) is 4.90. The molecule has 172 valence electrons. The number of hydrogen-bond donors (Lipinski definition) is 0. The summed E-state index contributed by atoms with van der Waals surface area (Å²) in [4.78, 5) is 30.5. The molecule has 0 aliphatic carbocycles. The van der Waals surface area contributed by atoms with E-state index in [4.69, 9.17) is 14.1 Å². The summed E-state index contributed by atoms with van der Waals surface area (Å²) in [5.74, 6) is 0.0576. The van der Waals surface area contributed by atoms with Crippen LogP contribution in [0, 0.1) is 0 Å². The third-order valence-electron chi connectivity index (χ3n) is 5.07. The molecule has 0 fully saturated rings. The van der Waals surface area contributed by atoms with Crippen LogP contribution in [-0.4, -0.2) is 21.8 Å². The first kappa shape index (κ1) is 22.9. The Morgan fingerprint density at radius 1 is 0.971 bits per heavy atom. The molecule has 2 aromatic heterocycles. The van der Waals surface area contributed by atoms with Crippen LogP contribution < -0.4 is 10.3 Å². The molecule has 7 nitrogen and oxygen atoms in total. The van der Waals surface area contributed by atoms with E-state index in [9.17, 15) is 9.59 Å². The van der Waals surface area contributed by atoms with Gasteiger partial charge in [0, 0.05) is 20.1 Å². The van der Waals surface area contributed by atoms with Crippen LogP contribution in [-0.2, 0) is 0 Å². The number of carbonyl (C=O) groups excluding carboxylic acids is 1. The fourth-order valence-corrected chi connectivity index (χ4v) is 4.04. The van der Waals surface area contributed by atoms with Crippen molar-refractivity contribution >= 4 is 54.9 Å². The van der Waals surface area contributed by atoms with Gasteiger partial charge < -0.3 is 9.15 Å². The van der Waals surface area contributed by atoms with E-state index >= 15 is 0 Å². The third-order valence-corrected chi connectivity index (χ3v) is 6.09. The van der Waals surface area contributed by atoms with Crippen LogP contribution in [0.4, 0.5) is 0 Å². The van der Waals surface area contributed by atoms with E-state index in [1.165, 1.54) is 23.2 Å². The Labute approximate surface area is 215 Å². The van der Waals surface area contributed by atoms with Gasteiger partial charge in [0.05, 0.1) is 23.4 Å². The number of fused-ring (bicyclic) bond motifs is 1. The summed E-state index contributed by atoms with van der Waals surface area (Å²) in [6.45, 7) is 0. The predicted octanol–water partition coefficient (Wildman–Crippen LogP) is 6.28. The zero-order valence-corrected chi connectivity index (χ0v) is 21.1. The number of halogens is 2. The van der Waals surface area contributed by atoms with Gasteiger partial charge in [0.25, 0.3) is 5.56 Å². The fourth-order valence-electron chi connectivity index (χ4n) is 3.39. The smallest absolute Gasteiger partial charge is 0.379 e. The van der Waals surface area contributed by atoms with E-state index in [0.717, 1.165) is 8.95 Å². The second-order valence-electron chi connectivity index (χ2n) is 7.37. The number of aromatic nitrogens is 2. The maximum absolute atomic E-state index is 13.4. The van der Waals surface area contributed by atoms with Crippen molar-refractivity contribution in [2.45, 2.75) is 0 Å². The summed E-state index contributed by atoms with van der Waals surface area (Å²) in [6, 6.07) is 22.7. The van der Waals surface area contributed by atoms with E-state index in [2.05, 4.69) is 37.0 Å². The fraction of sp³-hybridized carbons (Fsp3) is 0. The predicted molar refractivity (Wildman–Crippen MR) is 140 cm³/mol. The lowest BCUT2D eigenvalue weighted by Crippen LogP contribution is -2.20. The highest BCUT2D eigenvalue weighted by atomic mass is 79.9. The van der Waals surface area contributed by atoms with Gasteiger partial charge in [-0.3, -0.25) is 4.79 Å². The molecule has 5 rings (SSSR count). The Balaban J connectivity index is 1.61. The lowest BCUT2D eigenvalue weighted by Gasteiger charge is -2.10. The van der Waals surface area contributed by atoms with Gasteiger partial charge in [0.2, 0.25) is 5.76 Å². The summed E-state index contributed by atoms with van der Waals surface area (Å²) < 4.78 is 13.5. The molecule has 0 unspecified atom stereocenters. The SMILES string of the molecule is O=C(Oc1ccc(Br)cc1C=Nn1c(-c2ccc(Br)cc2)nc2ccccc2c1=O)c1ccco1. The van der Waals surface area contributed by atoms with Crippen LogP contribution in [0.25, 0.3) is 22.3 Å². The second kappa shape index (κ2) is 9.81. The molecule has 35 heavy (non-hydrogen) atoms. The van der Waals surface area contributed by atoms with Gasteiger partial charge in [-0.05, 0) is 54.6 Å². The van der Waals surface area contributed by atoms with Crippen LogP contribution in [0.1, 0.15) is 16.1 Å². The first-order chi connectivity index (χ1) is 17.0. The maximum Gasteiger partial charge on any atom is 0.379 e. The minimum Gasteiger partial charge on any atom is -0.457 e. The summed E-state index contributed by atoms with van der Waals surface area (Å²) >= 11 is 6.86. The van der Waals surface area contributed by atoms with Crippen LogP contribution >= 0.6 is 31.9 Å². The molecular formula is C26H15Br2N3O4. The Hall–Kier alpha value is -3.82. The molecule has 3 aromatic carbocycles. The first-order valence-corrected chi connectivity index (χ1v) is 12.0. The topological polar surface area (TPSA) is 86.7 Å². The molecule has 0 radical (unpaired) electrons. The number of rotatable bonds is 5. The van der Waals surface area contributed by atoms with Crippen molar-refractivity contribution in [3.8, 4) is 17.1 Å². The number of hydrogen-bond acceptors (Lipinski definition) is 6. The van der Waals surface area contributed by atoms with E-state index in [-0.39, 0.29) is 17.1 Å². The molecule has 0 atom stereocenters. The first-order valence-electron chi connectivity index (χ1n) is 10.4. The molecule has 2 heterocycles. The highest BCUT2D eigenvalue weighted by Crippen LogP contribution is 2.24. The normalized spacial score (nSPS) is 11.3. The zero-order chi connectivity index (χ0) is 24.4. The standard InChI is InChI=1S/C26H15Br2N3O4/c27-18-9-7-16(8-10-18)24-30-21-5-2-1-4-20(21)25(32)31(24)29-15-17-14-19(28)11-12-22(17)35-26(33)23-6-3-13-34-23/h1-15H. The monoisotopic (exact) mass is 591 g/mol. The highest BCUT2D eigenvalue weighted by Gasteiger charge is 2.15. The number of carbonyl (C=O) groups is 1. The average molecular weight is 593 g/mol. The van der Waals surface area contributed by atoms with E-state index in [0.29, 0.717) is 27.9 Å². The molecule has 5 aromatic rings. The molecule has 0 N–H and O–H groups in total. The summed E-state index contributed by atoms with van der Waals surface area (Å²) in [7, 11) is 0. The van der Waals surface area contributed by atoms with Crippen molar-refractivity contribution in [3.63, 3.8) is 0 Å². The van der Waals surface area contributed by atoms with Crippen molar-refractivity contribution < 1.29 is 13.9 Å². The molecule has 0 saturated heterocycles. The third kappa shape index (κ3) is 4.87. The summed E-state index contributed by atoms with van der Waals surface area (Å²) in [6.07, 6.45) is 2.85. The molecular weight excluding hydrogens is 578 g/mol. The van der Waals surface area contributed by atoms with Gasteiger partial charge in [-0.15, -0.1) is 0 Å². The minimum atomic E-state index is -0.646. The number of esters is 1. The van der Waals surface area contributed by atoms with Crippen molar-refractivity contribution in [1.82, 2.24) is 9.66 Å². The van der Waals surface area contributed by atoms with Gasteiger partial charge in [0.1, 0.15) is 5.75 Å². The van der Waals surface area contributed by atoms with Crippen molar-refractivity contribution in [2.24, 2.45) is 5.10 Å². The largest absolute Gasteiger partial charge is 0.457 e. The second-order valence-corrected chi connectivity index (χ2v) is 9.20. The van der Waals surface area contributed by atoms with Gasteiger partial charge >= 0.3 is 5.97 Å². The number of para-hydroxylation sites is 1.